The van der Waals surface area contributed by atoms with Crippen LogP contribution < -0.4 is 4.90 Å². The van der Waals surface area contributed by atoms with Crippen molar-refractivity contribution in [2.45, 2.75) is 0 Å². The van der Waals surface area contributed by atoms with E-state index in [9.17, 15) is 14.0 Å². The zero-order valence-corrected chi connectivity index (χ0v) is 21.4. The number of nitrogens with zero attached hydrogens (tertiary/aromatic N) is 3. The molecule has 36 heavy (non-hydrogen) atoms. The van der Waals surface area contributed by atoms with Crippen LogP contribution in [0.1, 0.15) is 5.76 Å². The number of furan rings is 1. The lowest BCUT2D eigenvalue weighted by atomic mass is 10.2. The number of amides is 2. The van der Waals surface area contributed by atoms with Gasteiger partial charge in [-0.05, 0) is 48.5 Å². The predicted molar refractivity (Wildman–Crippen MR) is 144 cm³/mol. The third kappa shape index (κ3) is 5.18. The van der Waals surface area contributed by atoms with Crippen molar-refractivity contribution in [3.8, 4) is 11.3 Å². The Bertz CT molecular complexity index is 1350. The Morgan fingerprint density at radius 2 is 1.78 bits per heavy atom. The molecule has 2 saturated heterocycles. The van der Waals surface area contributed by atoms with Gasteiger partial charge in [0.25, 0.3) is 5.91 Å². The molecule has 0 saturated carbocycles. The molecular weight excluding hydrogens is 521 g/mol. The number of hydrogen-bond acceptors (Lipinski definition) is 6. The molecule has 2 amide bonds. The van der Waals surface area contributed by atoms with Gasteiger partial charge in [-0.3, -0.25) is 14.5 Å². The molecule has 0 radical (unpaired) electrons. The summed E-state index contributed by atoms with van der Waals surface area (Å²) in [5.41, 5.74) is 1.40. The van der Waals surface area contributed by atoms with Crippen LogP contribution in [-0.2, 0) is 9.59 Å². The first kappa shape index (κ1) is 24.5. The normalized spacial score (nSPS) is 17.4. The Morgan fingerprint density at radius 1 is 1.06 bits per heavy atom. The Morgan fingerprint density at radius 3 is 2.50 bits per heavy atom. The van der Waals surface area contributed by atoms with Crippen molar-refractivity contribution in [1.29, 1.82) is 0 Å². The van der Waals surface area contributed by atoms with E-state index < -0.39 is 0 Å². The molecule has 2 aliphatic rings. The minimum Gasteiger partial charge on any atom is -0.457 e. The maximum atomic E-state index is 14.1. The van der Waals surface area contributed by atoms with Crippen LogP contribution in [0.4, 0.5) is 10.1 Å². The monoisotopic (exact) mass is 541 g/mol. The summed E-state index contributed by atoms with van der Waals surface area (Å²) in [6.07, 6.45) is 1.64. The number of hydrogen-bond donors (Lipinski definition) is 0. The first-order valence-electron chi connectivity index (χ1n) is 11.3. The average molecular weight is 542 g/mol. The molecule has 1 aromatic heterocycles. The fourth-order valence-corrected chi connectivity index (χ4v) is 5.47. The van der Waals surface area contributed by atoms with Crippen molar-refractivity contribution in [2.75, 3.05) is 37.6 Å². The van der Waals surface area contributed by atoms with Crippen molar-refractivity contribution in [1.82, 2.24) is 9.80 Å². The Hall–Kier alpha value is -3.14. The molecule has 0 atom stereocenters. The second-order valence-corrected chi connectivity index (χ2v) is 10.4. The fourth-order valence-electron chi connectivity index (χ4n) is 4.11. The van der Waals surface area contributed by atoms with Gasteiger partial charge >= 0.3 is 0 Å². The van der Waals surface area contributed by atoms with Crippen molar-refractivity contribution in [3.63, 3.8) is 0 Å². The predicted octanol–water partition coefficient (Wildman–Crippen LogP) is 5.29. The molecule has 0 N–H and O–H groups in total. The highest BCUT2D eigenvalue weighted by atomic mass is 35.5. The van der Waals surface area contributed by atoms with Gasteiger partial charge < -0.3 is 14.2 Å². The number of thioether (sulfide) groups is 1. The van der Waals surface area contributed by atoms with Crippen molar-refractivity contribution >= 4 is 63.5 Å². The van der Waals surface area contributed by atoms with E-state index in [0.29, 0.717) is 57.6 Å². The lowest BCUT2D eigenvalue weighted by Gasteiger charge is -2.36. The van der Waals surface area contributed by atoms with Crippen LogP contribution in [0.2, 0.25) is 5.02 Å². The topological polar surface area (TPSA) is 57.0 Å². The minimum absolute atomic E-state index is 0.129. The van der Waals surface area contributed by atoms with Crippen LogP contribution in [-0.4, -0.2) is 58.7 Å². The minimum atomic E-state index is -0.326. The van der Waals surface area contributed by atoms with Gasteiger partial charge in [0.05, 0.1) is 10.6 Å². The summed E-state index contributed by atoms with van der Waals surface area (Å²) in [7, 11) is 0. The molecule has 0 spiro atoms. The number of anilines is 1. The van der Waals surface area contributed by atoms with Crippen LogP contribution in [0.15, 0.2) is 70.0 Å². The zero-order chi connectivity index (χ0) is 25.2. The highest BCUT2D eigenvalue weighted by Gasteiger charge is 2.35. The van der Waals surface area contributed by atoms with Gasteiger partial charge in [0, 0.05) is 42.8 Å². The lowest BCUT2D eigenvalue weighted by Crippen LogP contribution is -2.51. The molecule has 6 nitrogen and oxygen atoms in total. The first-order chi connectivity index (χ1) is 17.4. The quantitative estimate of drug-likeness (QED) is 0.323. The highest BCUT2D eigenvalue weighted by molar-refractivity contribution is 8.26. The third-order valence-electron chi connectivity index (χ3n) is 6.02. The van der Waals surface area contributed by atoms with Crippen LogP contribution >= 0.6 is 35.6 Å². The van der Waals surface area contributed by atoms with Gasteiger partial charge in [0.15, 0.2) is 0 Å². The summed E-state index contributed by atoms with van der Waals surface area (Å²) in [5, 5.41) is 0.635. The van der Waals surface area contributed by atoms with E-state index in [1.165, 1.54) is 11.0 Å². The third-order valence-corrected chi connectivity index (χ3v) is 7.65. The molecule has 0 aliphatic carbocycles. The van der Waals surface area contributed by atoms with Gasteiger partial charge in [-0.2, -0.15) is 0 Å². The van der Waals surface area contributed by atoms with E-state index in [2.05, 4.69) is 0 Å². The van der Waals surface area contributed by atoms with Crippen LogP contribution in [0, 0.1) is 5.82 Å². The van der Waals surface area contributed by atoms with E-state index in [4.69, 9.17) is 28.2 Å². The van der Waals surface area contributed by atoms with Crippen molar-refractivity contribution < 1.29 is 18.4 Å². The van der Waals surface area contributed by atoms with E-state index in [1.54, 1.807) is 47.4 Å². The molecule has 3 heterocycles. The van der Waals surface area contributed by atoms with Crippen molar-refractivity contribution in [2.24, 2.45) is 0 Å². The average Bonchev–Trinajstić information content (AvgIpc) is 3.45. The summed E-state index contributed by atoms with van der Waals surface area (Å²) >= 11 is 12.5. The van der Waals surface area contributed by atoms with Crippen LogP contribution in [0.5, 0.6) is 0 Å². The van der Waals surface area contributed by atoms with Gasteiger partial charge in [-0.1, -0.05) is 47.7 Å². The second-order valence-electron chi connectivity index (χ2n) is 8.30. The standard InChI is InChI=1S/C26H21ClFN3O3S2/c27-18-7-5-17(6-8-18)22-10-9-19(34-22)15-23-25(33)31(26(35)36-23)16-24(32)30-13-11-29(12-14-30)21-4-2-1-3-20(21)28/h1-10,15H,11-14,16H2/b23-15+. The number of carbonyl (C=O) groups is 2. The van der Waals surface area contributed by atoms with Crippen molar-refractivity contribution in [3.05, 3.63) is 82.2 Å². The summed E-state index contributed by atoms with van der Waals surface area (Å²) in [4.78, 5) is 31.2. The van der Waals surface area contributed by atoms with Gasteiger partial charge in [-0.15, -0.1) is 0 Å². The Balaban J connectivity index is 1.20. The van der Waals surface area contributed by atoms with Crippen LogP contribution in [0.25, 0.3) is 17.4 Å². The summed E-state index contributed by atoms with van der Waals surface area (Å²) in [6, 6.07) is 17.5. The fraction of sp³-hybridized carbons (Fsp3) is 0.192. The number of rotatable bonds is 5. The van der Waals surface area contributed by atoms with E-state index in [1.807, 2.05) is 23.1 Å². The lowest BCUT2D eigenvalue weighted by molar-refractivity contribution is -0.135. The number of halogens is 2. The number of piperazine rings is 1. The highest BCUT2D eigenvalue weighted by Crippen LogP contribution is 2.34. The number of thiocarbonyl (C=S) groups is 1. The number of benzene rings is 2. The largest absolute Gasteiger partial charge is 0.457 e. The van der Waals surface area contributed by atoms with E-state index in [0.717, 1.165) is 17.3 Å². The first-order valence-corrected chi connectivity index (χ1v) is 12.9. The van der Waals surface area contributed by atoms with Crippen LogP contribution in [0.3, 0.4) is 0 Å². The maximum absolute atomic E-state index is 14.1. The Kier molecular flexibility index (Phi) is 7.13. The smallest absolute Gasteiger partial charge is 0.266 e. The van der Waals surface area contributed by atoms with E-state index >= 15 is 0 Å². The molecule has 2 aliphatic heterocycles. The molecule has 2 fully saturated rings. The molecule has 0 bridgehead atoms. The maximum Gasteiger partial charge on any atom is 0.266 e. The summed E-state index contributed by atoms with van der Waals surface area (Å²) < 4.78 is 20.3. The number of para-hydroxylation sites is 1. The summed E-state index contributed by atoms with van der Waals surface area (Å²) in [6.45, 7) is 1.78. The SMILES string of the molecule is O=C(CN1C(=O)/C(=C\c2ccc(-c3ccc(Cl)cc3)o2)SC1=S)N1CCN(c2ccccc2F)CC1. The molecule has 5 rings (SSSR count). The van der Waals surface area contributed by atoms with E-state index in [-0.39, 0.29) is 24.2 Å². The molecule has 10 heteroatoms. The zero-order valence-electron chi connectivity index (χ0n) is 19.0. The summed E-state index contributed by atoms with van der Waals surface area (Å²) in [5.74, 6) is 0.365. The molecular formula is C26H21ClFN3O3S2. The molecule has 0 unspecified atom stereocenters. The van der Waals surface area contributed by atoms with Gasteiger partial charge in [0.1, 0.15) is 28.2 Å². The van der Waals surface area contributed by atoms with Gasteiger partial charge in [0.2, 0.25) is 5.91 Å². The Labute approximate surface area is 222 Å². The molecule has 184 valence electrons. The van der Waals surface area contributed by atoms with Gasteiger partial charge in [-0.25, -0.2) is 4.39 Å². The molecule has 3 aromatic rings. The molecule has 2 aromatic carbocycles. The number of carbonyl (C=O) groups excluding carboxylic acids is 2. The second kappa shape index (κ2) is 10.5.